The van der Waals surface area contributed by atoms with Crippen LogP contribution in [0, 0.1) is 0 Å². The molecule has 1 aromatic heterocycles. The predicted octanol–water partition coefficient (Wildman–Crippen LogP) is -0.301. The molecule has 0 aliphatic heterocycles. The number of hydrogen-bond acceptors (Lipinski definition) is 4. The topological polar surface area (TPSA) is 66.0 Å². The van der Waals surface area contributed by atoms with Gasteiger partial charge in [-0.3, -0.25) is 0 Å². The molecule has 0 aliphatic carbocycles. The van der Waals surface area contributed by atoms with E-state index in [1.165, 1.54) is 11.2 Å². The van der Waals surface area contributed by atoms with Crippen LogP contribution in [-0.4, -0.2) is 21.5 Å². The van der Waals surface area contributed by atoms with E-state index in [2.05, 4.69) is 10.1 Å². The van der Waals surface area contributed by atoms with Gasteiger partial charge in [-0.2, -0.15) is 4.98 Å². The lowest BCUT2D eigenvalue weighted by Crippen LogP contribution is -2.12. The zero-order valence-electron chi connectivity index (χ0n) is 5.82. The van der Waals surface area contributed by atoms with E-state index in [4.69, 9.17) is 10.6 Å². The molecule has 0 aliphatic rings. The van der Waals surface area contributed by atoms with E-state index in [1.54, 1.807) is 0 Å². The molecule has 0 spiro atoms. The van der Waals surface area contributed by atoms with E-state index < -0.39 is 0 Å². The van der Waals surface area contributed by atoms with Crippen molar-refractivity contribution in [3.63, 3.8) is 0 Å². The molecule has 5 heteroatoms. The van der Waals surface area contributed by atoms with Crippen LogP contribution in [0.25, 0.3) is 0 Å². The zero-order chi connectivity index (χ0) is 7.40. The Labute approximate surface area is 58.8 Å². The average molecular weight is 142 g/mol. The van der Waals surface area contributed by atoms with Crippen LogP contribution in [-0.2, 0) is 0 Å². The Kier molecular flexibility index (Phi) is 2.09. The summed E-state index contributed by atoms with van der Waals surface area (Å²) in [6, 6.07) is 0. The third kappa shape index (κ3) is 1.61. The van der Waals surface area contributed by atoms with Gasteiger partial charge >= 0.3 is 0 Å². The van der Waals surface area contributed by atoms with Crippen LogP contribution in [0.1, 0.15) is 13.3 Å². The number of nitrogen functional groups attached to an aromatic ring is 1. The Morgan fingerprint density at radius 2 is 2.60 bits per heavy atom. The Morgan fingerprint density at radius 3 is 3.10 bits per heavy atom. The largest absolute Gasteiger partial charge is 0.395 e. The number of anilines is 1. The Morgan fingerprint density at radius 1 is 1.80 bits per heavy atom. The second-order valence-corrected chi connectivity index (χ2v) is 1.84. The van der Waals surface area contributed by atoms with Crippen molar-refractivity contribution < 1.29 is 4.84 Å². The van der Waals surface area contributed by atoms with Gasteiger partial charge in [0, 0.05) is 0 Å². The summed E-state index contributed by atoms with van der Waals surface area (Å²) in [6.45, 7) is 2.64. The Balaban J connectivity index is 2.42. The molecule has 10 heavy (non-hydrogen) atoms. The molecule has 0 saturated carbocycles. The van der Waals surface area contributed by atoms with E-state index in [-0.39, 0.29) is 5.95 Å². The molecule has 0 amide bonds. The summed E-state index contributed by atoms with van der Waals surface area (Å²) >= 11 is 0. The molecule has 1 aromatic rings. The minimum absolute atomic E-state index is 0.233. The minimum atomic E-state index is 0.233. The number of aromatic nitrogens is 3. The second kappa shape index (κ2) is 3.05. The lowest BCUT2D eigenvalue weighted by Gasteiger charge is -1.99. The van der Waals surface area contributed by atoms with Crippen molar-refractivity contribution in [1.29, 1.82) is 0 Å². The van der Waals surface area contributed by atoms with Gasteiger partial charge in [0.15, 0.2) is 6.33 Å². The molecule has 5 nitrogen and oxygen atoms in total. The number of hydrogen-bond donors (Lipinski definition) is 1. The summed E-state index contributed by atoms with van der Waals surface area (Å²) in [5.41, 5.74) is 5.23. The first-order valence-corrected chi connectivity index (χ1v) is 3.13. The number of nitrogens with zero attached hydrogens (tertiary/aromatic N) is 3. The van der Waals surface area contributed by atoms with Crippen molar-refractivity contribution in [2.45, 2.75) is 13.3 Å². The molecule has 0 fully saturated rings. The third-order valence-electron chi connectivity index (χ3n) is 0.917. The molecule has 56 valence electrons. The first kappa shape index (κ1) is 6.85. The van der Waals surface area contributed by atoms with E-state index in [1.807, 2.05) is 6.92 Å². The summed E-state index contributed by atoms with van der Waals surface area (Å²) in [6.07, 6.45) is 2.38. The van der Waals surface area contributed by atoms with Crippen LogP contribution >= 0.6 is 0 Å². The van der Waals surface area contributed by atoms with Crippen molar-refractivity contribution in [2.75, 3.05) is 12.3 Å². The Bertz CT molecular complexity index is 197. The fraction of sp³-hybridized carbons (Fsp3) is 0.600. The molecule has 0 radical (unpaired) electrons. The van der Waals surface area contributed by atoms with E-state index >= 15 is 0 Å². The number of nitrogens with two attached hydrogens (primary N) is 1. The van der Waals surface area contributed by atoms with E-state index in [0.717, 1.165) is 6.42 Å². The fourth-order valence-corrected chi connectivity index (χ4v) is 0.508. The van der Waals surface area contributed by atoms with Gasteiger partial charge in [0.2, 0.25) is 5.95 Å². The maximum absolute atomic E-state index is 5.23. The van der Waals surface area contributed by atoms with Crippen LogP contribution < -0.4 is 10.6 Å². The van der Waals surface area contributed by atoms with Gasteiger partial charge < -0.3 is 10.6 Å². The number of rotatable bonds is 3. The molecular weight excluding hydrogens is 132 g/mol. The van der Waals surface area contributed by atoms with Gasteiger partial charge in [0.1, 0.15) is 6.61 Å². The van der Waals surface area contributed by atoms with Crippen molar-refractivity contribution in [2.24, 2.45) is 0 Å². The highest BCUT2D eigenvalue weighted by atomic mass is 16.7. The summed E-state index contributed by atoms with van der Waals surface area (Å²) in [4.78, 5) is 9.98. The summed E-state index contributed by atoms with van der Waals surface area (Å²) in [7, 11) is 0. The second-order valence-electron chi connectivity index (χ2n) is 1.84. The van der Waals surface area contributed by atoms with Gasteiger partial charge in [-0.05, 0) is 6.42 Å². The lowest BCUT2D eigenvalue weighted by atomic mass is 10.5. The summed E-state index contributed by atoms with van der Waals surface area (Å²) in [5, 5.41) is 3.71. The monoisotopic (exact) mass is 142 g/mol. The van der Waals surface area contributed by atoms with Crippen LogP contribution in [0.5, 0.6) is 0 Å². The van der Waals surface area contributed by atoms with E-state index in [9.17, 15) is 0 Å². The molecule has 1 heterocycles. The van der Waals surface area contributed by atoms with Crippen molar-refractivity contribution >= 4 is 5.95 Å². The summed E-state index contributed by atoms with van der Waals surface area (Å²) < 4.78 is 0. The van der Waals surface area contributed by atoms with Gasteiger partial charge in [-0.25, -0.2) is 0 Å². The molecule has 0 saturated heterocycles. The molecule has 0 atom stereocenters. The highest BCUT2D eigenvalue weighted by Gasteiger charge is 1.92. The highest BCUT2D eigenvalue weighted by Crippen LogP contribution is 1.85. The van der Waals surface area contributed by atoms with Gasteiger partial charge in [0.05, 0.1) is 0 Å². The average Bonchev–Trinajstić information content (AvgIpc) is 2.31. The standard InChI is InChI=1S/C5H10N4O/c1-2-3-10-9-4-7-5(6)8-9/h4H,2-3H2,1H3,(H2,6,8). The lowest BCUT2D eigenvalue weighted by molar-refractivity contribution is 0.0826. The van der Waals surface area contributed by atoms with Crippen LogP contribution in [0.15, 0.2) is 6.33 Å². The minimum Gasteiger partial charge on any atom is -0.395 e. The van der Waals surface area contributed by atoms with Crippen LogP contribution in [0.2, 0.25) is 0 Å². The predicted molar refractivity (Wildman–Crippen MR) is 36.2 cm³/mol. The molecule has 0 aromatic carbocycles. The first-order chi connectivity index (χ1) is 4.83. The van der Waals surface area contributed by atoms with E-state index in [0.29, 0.717) is 6.61 Å². The first-order valence-electron chi connectivity index (χ1n) is 3.13. The fourth-order valence-electron chi connectivity index (χ4n) is 0.508. The Hall–Kier alpha value is -1.26. The van der Waals surface area contributed by atoms with Crippen molar-refractivity contribution in [3.05, 3.63) is 6.33 Å². The normalized spacial score (nSPS) is 9.70. The van der Waals surface area contributed by atoms with Crippen LogP contribution in [0.4, 0.5) is 5.95 Å². The summed E-state index contributed by atoms with van der Waals surface area (Å²) in [5.74, 6) is 0.233. The van der Waals surface area contributed by atoms with Gasteiger partial charge in [-0.15, -0.1) is 0 Å². The highest BCUT2D eigenvalue weighted by molar-refractivity contribution is 5.08. The zero-order valence-corrected chi connectivity index (χ0v) is 5.82. The molecule has 2 N–H and O–H groups in total. The van der Waals surface area contributed by atoms with Crippen molar-refractivity contribution in [3.8, 4) is 0 Å². The molecule has 0 bridgehead atoms. The quantitative estimate of drug-likeness (QED) is 0.629. The maximum Gasteiger partial charge on any atom is 0.243 e. The third-order valence-corrected chi connectivity index (χ3v) is 0.917. The van der Waals surface area contributed by atoms with Gasteiger partial charge in [-0.1, -0.05) is 16.9 Å². The SMILES string of the molecule is CCCOn1cnc(N)n1. The molecule has 1 rings (SSSR count). The smallest absolute Gasteiger partial charge is 0.243 e. The maximum atomic E-state index is 5.23. The molecule has 0 unspecified atom stereocenters. The van der Waals surface area contributed by atoms with Gasteiger partial charge in [0.25, 0.3) is 0 Å². The van der Waals surface area contributed by atoms with Crippen molar-refractivity contribution in [1.82, 2.24) is 14.9 Å². The molecular formula is C5H10N4O. The van der Waals surface area contributed by atoms with Crippen LogP contribution in [0.3, 0.4) is 0 Å².